The lowest BCUT2D eigenvalue weighted by Gasteiger charge is -2.15. The SMILES string of the molecule is COc1nccc2c(-n3ncc(C(=O)NC(F)=C(C)C(F)=C(C)C)c3C(F)(F)F)cccc12. The molecule has 0 atom stereocenters. The van der Waals surface area contributed by atoms with Gasteiger partial charge in [0, 0.05) is 22.5 Å². The molecule has 2 aromatic heterocycles. The number of carbonyl (C=O) groups is 1. The highest BCUT2D eigenvalue weighted by Crippen LogP contribution is 2.36. The van der Waals surface area contributed by atoms with Gasteiger partial charge in [0.2, 0.25) is 5.88 Å². The van der Waals surface area contributed by atoms with Crippen molar-refractivity contribution in [1.29, 1.82) is 0 Å². The molecule has 33 heavy (non-hydrogen) atoms. The fourth-order valence-corrected chi connectivity index (χ4v) is 3.21. The van der Waals surface area contributed by atoms with Gasteiger partial charge in [-0.1, -0.05) is 6.07 Å². The van der Waals surface area contributed by atoms with Crippen molar-refractivity contribution in [2.24, 2.45) is 0 Å². The number of ether oxygens (including phenoxy) is 1. The number of nitrogens with one attached hydrogen (secondary N) is 1. The summed E-state index contributed by atoms with van der Waals surface area (Å²) >= 11 is 0. The van der Waals surface area contributed by atoms with E-state index in [9.17, 15) is 26.7 Å². The van der Waals surface area contributed by atoms with Crippen molar-refractivity contribution < 1.29 is 31.5 Å². The van der Waals surface area contributed by atoms with Gasteiger partial charge in [0.15, 0.2) is 11.6 Å². The molecular formula is C22H19F5N4O2. The van der Waals surface area contributed by atoms with Gasteiger partial charge < -0.3 is 4.74 Å². The normalized spacial score (nSPS) is 12.4. The van der Waals surface area contributed by atoms with Crippen molar-refractivity contribution in [3.63, 3.8) is 0 Å². The van der Waals surface area contributed by atoms with Crippen molar-refractivity contribution in [3.05, 3.63) is 70.8 Å². The van der Waals surface area contributed by atoms with Gasteiger partial charge in [0.1, 0.15) is 5.83 Å². The summed E-state index contributed by atoms with van der Waals surface area (Å²) < 4.78 is 76.0. The van der Waals surface area contributed by atoms with Crippen LogP contribution in [0.1, 0.15) is 36.8 Å². The van der Waals surface area contributed by atoms with Crippen LogP contribution in [0.15, 0.2) is 59.6 Å². The smallest absolute Gasteiger partial charge is 0.434 e. The highest BCUT2D eigenvalue weighted by molar-refractivity contribution is 5.97. The summed E-state index contributed by atoms with van der Waals surface area (Å²) in [6.45, 7) is 3.83. The highest BCUT2D eigenvalue weighted by atomic mass is 19.4. The van der Waals surface area contributed by atoms with Gasteiger partial charge in [-0.2, -0.15) is 22.7 Å². The number of halogens is 5. The lowest BCUT2D eigenvalue weighted by Crippen LogP contribution is -2.26. The molecule has 174 valence electrons. The highest BCUT2D eigenvalue weighted by Gasteiger charge is 2.41. The summed E-state index contributed by atoms with van der Waals surface area (Å²) in [5.74, 6) is -3.55. The maximum absolute atomic E-state index is 14.3. The molecule has 0 aliphatic heterocycles. The van der Waals surface area contributed by atoms with Crippen molar-refractivity contribution in [3.8, 4) is 11.6 Å². The first-order chi connectivity index (χ1) is 15.5. The van der Waals surface area contributed by atoms with Gasteiger partial charge >= 0.3 is 6.18 Å². The number of pyridine rings is 1. The van der Waals surface area contributed by atoms with Gasteiger partial charge in [-0.15, -0.1) is 0 Å². The number of hydrogen-bond donors (Lipinski definition) is 1. The van der Waals surface area contributed by atoms with Crippen LogP contribution in [0, 0.1) is 0 Å². The number of hydrogen-bond acceptors (Lipinski definition) is 4. The molecule has 0 saturated heterocycles. The zero-order valence-corrected chi connectivity index (χ0v) is 18.0. The lowest BCUT2D eigenvalue weighted by molar-refractivity contribution is -0.143. The van der Waals surface area contributed by atoms with Crippen LogP contribution in [0.2, 0.25) is 0 Å². The Morgan fingerprint density at radius 2 is 1.79 bits per heavy atom. The Morgan fingerprint density at radius 1 is 1.09 bits per heavy atom. The largest absolute Gasteiger partial charge is 0.481 e. The fraction of sp³-hybridized carbons (Fsp3) is 0.227. The molecule has 11 heteroatoms. The molecule has 0 aliphatic rings. The maximum Gasteiger partial charge on any atom is 0.434 e. The number of rotatable bonds is 5. The molecule has 0 saturated carbocycles. The molecule has 0 spiro atoms. The third kappa shape index (κ3) is 4.57. The fourth-order valence-electron chi connectivity index (χ4n) is 3.21. The molecular weight excluding hydrogens is 447 g/mol. The minimum absolute atomic E-state index is 0.00218. The molecule has 1 aromatic carbocycles. The number of methoxy groups -OCH3 is 1. The Kier molecular flexibility index (Phi) is 6.52. The van der Waals surface area contributed by atoms with Crippen molar-refractivity contribution in [1.82, 2.24) is 20.1 Å². The topological polar surface area (TPSA) is 69.0 Å². The number of carbonyl (C=O) groups excluding carboxylic acids is 1. The second-order valence-corrected chi connectivity index (χ2v) is 7.22. The average molecular weight is 466 g/mol. The zero-order valence-electron chi connectivity index (χ0n) is 18.0. The Hall–Kier alpha value is -3.76. The van der Waals surface area contributed by atoms with E-state index < -0.39 is 40.7 Å². The number of allylic oxidation sites excluding steroid dienone is 3. The van der Waals surface area contributed by atoms with Crippen LogP contribution in [-0.2, 0) is 6.18 Å². The summed E-state index contributed by atoms with van der Waals surface area (Å²) in [5.41, 5.74) is -2.75. The number of amides is 1. The summed E-state index contributed by atoms with van der Waals surface area (Å²) in [7, 11) is 1.37. The molecule has 1 amide bonds. The van der Waals surface area contributed by atoms with Crippen molar-refractivity contribution in [2.45, 2.75) is 26.9 Å². The van der Waals surface area contributed by atoms with Gasteiger partial charge in [-0.25, -0.2) is 14.1 Å². The van der Waals surface area contributed by atoms with E-state index in [1.165, 1.54) is 45.4 Å². The number of fused-ring (bicyclic) bond motifs is 1. The van der Waals surface area contributed by atoms with Gasteiger partial charge in [-0.3, -0.25) is 10.1 Å². The molecule has 0 bridgehead atoms. The quantitative estimate of drug-likeness (QED) is 0.300. The minimum atomic E-state index is -5.02. The predicted octanol–water partition coefficient (Wildman–Crippen LogP) is 5.64. The molecule has 3 rings (SSSR count). The van der Waals surface area contributed by atoms with Crippen LogP contribution >= 0.6 is 0 Å². The van der Waals surface area contributed by atoms with E-state index in [1.807, 2.05) is 0 Å². The van der Waals surface area contributed by atoms with Crippen LogP contribution in [0.25, 0.3) is 16.5 Å². The first-order valence-electron chi connectivity index (χ1n) is 9.55. The van der Waals surface area contributed by atoms with E-state index in [0.717, 1.165) is 6.92 Å². The third-order valence-electron chi connectivity index (χ3n) is 4.77. The number of alkyl halides is 3. The molecule has 3 aromatic rings. The standard InChI is InChI=1S/C22H19F5N4O2/c1-11(2)17(23)12(3)19(24)30-20(32)15-10-29-31(18(15)22(25,26)27)16-7-5-6-14-13(16)8-9-28-21(14)33-4/h5-10H,1-4H3,(H,30,32). The summed E-state index contributed by atoms with van der Waals surface area (Å²) in [4.78, 5) is 16.5. The average Bonchev–Trinajstić information content (AvgIpc) is 3.22. The van der Waals surface area contributed by atoms with E-state index in [-0.39, 0.29) is 17.1 Å². The molecule has 6 nitrogen and oxygen atoms in total. The number of aromatic nitrogens is 3. The monoisotopic (exact) mass is 466 g/mol. The summed E-state index contributed by atoms with van der Waals surface area (Å²) in [6, 6.07) is 5.94. The van der Waals surface area contributed by atoms with Crippen LogP contribution in [-0.4, -0.2) is 27.8 Å². The van der Waals surface area contributed by atoms with Crippen LogP contribution < -0.4 is 10.1 Å². The lowest BCUT2D eigenvalue weighted by atomic mass is 10.1. The first-order valence-corrected chi connectivity index (χ1v) is 9.55. The van der Waals surface area contributed by atoms with Gasteiger partial charge in [0.25, 0.3) is 5.91 Å². The summed E-state index contributed by atoms with van der Waals surface area (Å²) in [6.07, 6.45) is -2.99. The minimum Gasteiger partial charge on any atom is -0.481 e. The number of nitrogens with zero attached hydrogens (tertiary/aromatic N) is 3. The second-order valence-electron chi connectivity index (χ2n) is 7.22. The van der Waals surface area contributed by atoms with Gasteiger partial charge in [0.05, 0.1) is 24.6 Å². The van der Waals surface area contributed by atoms with E-state index in [4.69, 9.17) is 4.74 Å². The molecule has 0 unspecified atom stereocenters. The molecule has 0 radical (unpaired) electrons. The maximum atomic E-state index is 14.3. The van der Waals surface area contributed by atoms with E-state index in [2.05, 4.69) is 10.1 Å². The number of benzene rings is 1. The van der Waals surface area contributed by atoms with E-state index in [1.54, 1.807) is 11.4 Å². The molecule has 2 heterocycles. The van der Waals surface area contributed by atoms with Crippen LogP contribution in [0.5, 0.6) is 5.88 Å². The van der Waals surface area contributed by atoms with Crippen molar-refractivity contribution in [2.75, 3.05) is 7.11 Å². The molecule has 1 N–H and O–H groups in total. The van der Waals surface area contributed by atoms with Gasteiger partial charge in [-0.05, 0) is 44.5 Å². The first kappa shape index (κ1) is 23.9. The van der Waals surface area contributed by atoms with E-state index in [0.29, 0.717) is 21.7 Å². The summed E-state index contributed by atoms with van der Waals surface area (Å²) in [5, 5.41) is 6.18. The third-order valence-corrected chi connectivity index (χ3v) is 4.77. The van der Waals surface area contributed by atoms with Crippen LogP contribution in [0.3, 0.4) is 0 Å². The molecule has 0 aliphatic carbocycles. The zero-order chi connectivity index (χ0) is 24.5. The Labute approximate surface area is 185 Å². The second kappa shape index (κ2) is 9.00. The Balaban J connectivity index is 2.15. The molecule has 0 fully saturated rings. The van der Waals surface area contributed by atoms with E-state index >= 15 is 0 Å². The Bertz CT molecular complexity index is 1290. The predicted molar refractivity (Wildman–Crippen MR) is 111 cm³/mol. The van der Waals surface area contributed by atoms with Crippen LogP contribution in [0.4, 0.5) is 22.0 Å². The Morgan fingerprint density at radius 3 is 2.39 bits per heavy atom. The van der Waals surface area contributed by atoms with Crippen molar-refractivity contribution >= 4 is 16.7 Å².